The van der Waals surface area contributed by atoms with Crippen molar-refractivity contribution in [3.05, 3.63) is 59.9 Å². The first-order valence-electron chi connectivity index (χ1n) is 11.7. The van der Waals surface area contributed by atoms with Crippen LogP contribution in [0.5, 0.6) is 5.75 Å². The molecule has 2 heterocycles. The number of carbonyl (C=O) groups excluding carboxylic acids is 2. The molecule has 0 aliphatic carbocycles. The fraction of sp³-hybridized carbons (Fsp3) is 0.385. The maximum Gasteiger partial charge on any atom is 0.261 e. The summed E-state index contributed by atoms with van der Waals surface area (Å²) in [6.07, 6.45) is 1.42. The molecule has 3 aromatic rings. The van der Waals surface area contributed by atoms with Gasteiger partial charge in [-0.05, 0) is 36.8 Å². The number of hydrogen-bond acceptors (Lipinski definition) is 7. The van der Waals surface area contributed by atoms with Crippen molar-refractivity contribution in [3.63, 3.8) is 0 Å². The average molecular weight is 480 g/mol. The summed E-state index contributed by atoms with van der Waals surface area (Å²) in [5, 5.41) is 0.772. The highest BCUT2D eigenvalue weighted by molar-refractivity contribution is 5.90. The van der Waals surface area contributed by atoms with Crippen LogP contribution < -0.4 is 10.5 Å². The number of rotatable bonds is 7. The van der Waals surface area contributed by atoms with E-state index in [0.717, 1.165) is 22.0 Å². The largest absolute Gasteiger partial charge is 0.484 e. The van der Waals surface area contributed by atoms with Crippen LogP contribution in [0.15, 0.2) is 48.8 Å². The third-order valence-electron chi connectivity index (χ3n) is 5.72. The van der Waals surface area contributed by atoms with Crippen molar-refractivity contribution in [3.8, 4) is 5.75 Å². The van der Waals surface area contributed by atoms with Crippen molar-refractivity contribution < 1.29 is 19.1 Å². The molecule has 1 aliphatic heterocycles. The molecule has 2 amide bonds. The number of carbonyl (C=O) groups is 2. The molecule has 9 heteroatoms. The smallest absolute Gasteiger partial charge is 0.261 e. The number of amides is 2. The zero-order valence-electron chi connectivity index (χ0n) is 20.7. The van der Waals surface area contributed by atoms with Crippen LogP contribution >= 0.6 is 0 Å². The number of aromatic nitrogens is 2. The van der Waals surface area contributed by atoms with Crippen molar-refractivity contribution in [1.29, 1.82) is 0 Å². The minimum Gasteiger partial charge on any atom is -0.484 e. The van der Waals surface area contributed by atoms with Gasteiger partial charge < -0.3 is 25.0 Å². The van der Waals surface area contributed by atoms with Crippen LogP contribution in [-0.4, -0.2) is 71.0 Å². The molecule has 186 valence electrons. The third kappa shape index (κ3) is 6.24. The number of benzene rings is 2. The lowest BCUT2D eigenvalue weighted by Gasteiger charge is -2.40. The fourth-order valence-corrected chi connectivity index (χ4v) is 3.92. The monoisotopic (exact) mass is 479 g/mol. The minimum atomic E-state index is -0.698. The van der Waals surface area contributed by atoms with Crippen molar-refractivity contribution >= 4 is 28.5 Å². The molecule has 1 aliphatic rings. The first-order chi connectivity index (χ1) is 17.0. The molecule has 1 atom stereocenters. The molecule has 0 bridgehead atoms. The number of nitrogen functional groups attached to an aromatic ring is 1. The van der Waals surface area contributed by atoms with E-state index in [0.29, 0.717) is 31.2 Å². The van der Waals surface area contributed by atoms with Gasteiger partial charge in [0.25, 0.3) is 5.91 Å². The van der Waals surface area contributed by atoms with E-state index in [4.69, 9.17) is 15.2 Å². The number of fused-ring (bicyclic) bond motifs is 1. The molecule has 35 heavy (non-hydrogen) atoms. The molecule has 9 nitrogen and oxygen atoms in total. The Morgan fingerprint density at radius 2 is 1.86 bits per heavy atom. The van der Waals surface area contributed by atoms with E-state index in [9.17, 15) is 9.59 Å². The van der Waals surface area contributed by atoms with E-state index in [1.807, 2.05) is 63.2 Å². The van der Waals surface area contributed by atoms with Crippen LogP contribution in [0.3, 0.4) is 0 Å². The summed E-state index contributed by atoms with van der Waals surface area (Å²) in [7, 11) is 1.52. The highest BCUT2D eigenvalue weighted by Crippen LogP contribution is 2.21. The van der Waals surface area contributed by atoms with E-state index >= 15 is 0 Å². The molecule has 0 saturated carbocycles. The summed E-state index contributed by atoms with van der Waals surface area (Å²) in [5.74, 6) is 0.628. The lowest BCUT2D eigenvalue weighted by Crippen LogP contribution is -2.60. The Labute approximate surface area is 205 Å². The number of anilines is 1. The van der Waals surface area contributed by atoms with E-state index in [-0.39, 0.29) is 25.0 Å². The second-order valence-electron chi connectivity index (χ2n) is 8.03. The lowest BCUT2D eigenvalue weighted by molar-refractivity contribution is -0.155. The summed E-state index contributed by atoms with van der Waals surface area (Å²) < 4.78 is 10.9. The molecule has 2 N–H and O–H groups in total. The number of piperazine rings is 1. The fourth-order valence-electron chi connectivity index (χ4n) is 3.92. The first kappa shape index (κ1) is 25.9. The summed E-state index contributed by atoms with van der Waals surface area (Å²) in [6, 6.07) is 12.5. The van der Waals surface area contributed by atoms with Gasteiger partial charge >= 0.3 is 0 Å². The number of aryl methyl sites for hydroxylation is 1. The normalized spacial score (nSPS) is 15.5. The van der Waals surface area contributed by atoms with Crippen molar-refractivity contribution in [2.45, 2.75) is 33.4 Å². The molecule has 1 fully saturated rings. The molecular weight excluding hydrogens is 446 g/mol. The maximum absolute atomic E-state index is 13.2. The predicted octanol–water partition coefficient (Wildman–Crippen LogP) is 2.81. The minimum absolute atomic E-state index is 0.118. The van der Waals surface area contributed by atoms with Gasteiger partial charge in [0.2, 0.25) is 5.91 Å². The summed E-state index contributed by atoms with van der Waals surface area (Å²) in [6.45, 7) is 7.19. The van der Waals surface area contributed by atoms with Gasteiger partial charge in [-0.2, -0.15) is 0 Å². The van der Waals surface area contributed by atoms with Gasteiger partial charge in [-0.3, -0.25) is 9.59 Å². The molecular formula is C26H33N5O4. The Balaban J connectivity index is 0.00000167. The highest BCUT2D eigenvalue weighted by Gasteiger charge is 2.37. The first-order valence-corrected chi connectivity index (χ1v) is 11.7. The van der Waals surface area contributed by atoms with Crippen LogP contribution in [0.25, 0.3) is 10.9 Å². The molecule has 4 rings (SSSR count). The number of methoxy groups -OCH3 is 1. The molecule has 0 unspecified atom stereocenters. The van der Waals surface area contributed by atoms with Gasteiger partial charge in [0.05, 0.1) is 12.1 Å². The van der Waals surface area contributed by atoms with Gasteiger partial charge in [0.1, 0.15) is 23.9 Å². The van der Waals surface area contributed by atoms with E-state index < -0.39 is 6.04 Å². The summed E-state index contributed by atoms with van der Waals surface area (Å²) in [4.78, 5) is 37.6. The van der Waals surface area contributed by atoms with Gasteiger partial charge in [-0.1, -0.05) is 37.6 Å². The molecule has 2 aromatic carbocycles. The van der Waals surface area contributed by atoms with Crippen molar-refractivity contribution in [2.75, 3.05) is 39.1 Å². The quantitative estimate of drug-likeness (QED) is 0.555. The van der Waals surface area contributed by atoms with Crippen LogP contribution in [-0.2, 0) is 20.9 Å². The average Bonchev–Trinajstić information content (AvgIpc) is 2.87. The topological polar surface area (TPSA) is 111 Å². The Bertz CT molecular complexity index is 1150. The van der Waals surface area contributed by atoms with Gasteiger partial charge in [0, 0.05) is 32.1 Å². The molecule has 1 saturated heterocycles. The molecule has 0 radical (unpaired) electrons. The Morgan fingerprint density at radius 1 is 1.11 bits per heavy atom. The van der Waals surface area contributed by atoms with E-state index in [2.05, 4.69) is 9.97 Å². The number of ether oxygens (including phenoxy) is 2. The Morgan fingerprint density at radius 3 is 2.57 bits per heavy atom. The number of hydrogen-bond donors (Lipinski definition) is 1. The van der Waals surface area contributed by atoms with Gasteiger partial charge in [0.15, 0.2) is 6.61 Å². The van der Waals surface area contributed by atoms with E-state index in [1.165, 1.54) is 13.4 Å². The summed E-state index contributed by atoms with van der Waals surface area (Å²) in [5.41, 5.74) is 8.66. The zero-order valence-corrected chi connectivity index (χ0v) is 20.7. The molecule has 0 spiro atoms. The predicted molar refractivity (Wildman–Crippen MR) is 135 cm³/mol. The zero-order chi connectivity index (χ0) is 25.4. The molecule has 1 aromatic heterocycles. The number of nitrogens with zero attached hydrogens (tertiary/aromatic N) is 4. The van der Waals surface area contributed by atoms with Gasteiger partial charge in [-0.25, -0.2) is 9.97 Å². The SMILES string of the molecule is CC.COC[C@H]1C(=O)N(Cc2ccc3c(N)ncnc3c2)CCN1C(=O)COc1ccc(C)cc1. The summed E-state index contributed by atoms with van der Waals surface area (Å²) >= 11 is 0. The van der Waals surface area contributed by atoms with Crippen LogP contribution in [0, 0.1) is 6.92 Å². The van der Waals surface area contributed by atoms with Crippen LogP contribution in [0.1, 0.15) is 25.0 Å². The van der Waals surface area contributed by atoms with Crippen LogP contribution in [0.4, 0.5) is 5.82 Å². The van der Waals surface area contributed by atoms with Gasteiger partial charge in [-0.15, -0.1) is 0 Å². The number of nitrogens with two attached hydrogens (primary N) is 1. The lowest BCUT2D eigenvalue weighted by atomic mass is 10.1. The van der Waals surface area contributed by atoms with Crippen molar-refractivity contribution in [1.82, 2.24) is 19.8 Å². The maximum atomic E-state index is 13.2. The second-order valence-corrected chi connectivity index (χ2v) is 8.03. The Kier molecular flexibility index (Phi) is 8.97. The van der Waals surface area contributed by atoms with Crippen molar-refractivity contribution in [2.24, 2.45) is 0 Å². The standard InChI is InChI=1S/C24H27N5O4.C2H6/c1-16-3-6-18(7-4-16)33-14-22(30)29-10-9-28(24(31)21(29)13-32-2)12-17-5-8-19-20(11-17)26-15-27-23(19)25;1-2/h3-8,11,15,21H,9-10,12-14H2,1-2H3,(H2,25,26,27);1-2H3/t21-;/m0./s1. The highest BCUT2D eigenvalue weighted by atomic mass is 16.5. The Hall–Kier alpha value is -3.72. The third-order valence-corrected chi connectivity index (χ3v) is 5.72. The van der Waals surface area contributed by atoms with Crippen LogP contribution in [0.2, 0.25) is 0 Å². The second kappa shape index (κ2) is 12.1. The van der Waals surface area contributed by atoms with E-state index in [1.54, 1.807) is 9.80 Å².